The summed E-state index contributed by atoms with van der Waals surface area (Å²) in [5.74, 6) is 0.552. The van der Waals surface area contributed by atoms with Crippen LogP contribution in [0.3, 0.4) is 0 Å². The Hall–Kier alpha value is -1.86. The Morgan fingerprint density at radius 1 is 1.30 bits per heavy atom. The predicted octanol–water partition coefficient (Wildman–Crippen LogP) is 2.38. The Bertz CT molecular complexity index is 683. The summed E-state index contributed by atoms with van der Waals surface area (Å²) in [6.07, 6.45) is 0. The molecule has 0 radical (unpaired) electrons. The van der Waals surface area contributed by atoms with Crippen molar-refractivity contribution >= 4 is 17.7 Å². The predicted molar refractivity (Wildman–Crippen MR) is 87.2 cm³/mol. The highest BCUT2D eigenvalue weighted by molar-refractivity contribution is 8.00. The van der Waals surface area contributed by atoms with Crippen LogP contribution in [-0.2, 0) is 9.53 Å². The van der Waals surface area contributed by atoms with Gasteiger partial charge in [-0.15, -0.1) is 10.2 Å². The lowest BCUT2D eigenvalue weighted by Crippen LogP contribution is -2.44. The molecule has 6 nitrogen and oxygen atoms in total. The van der Waals surface area contributed by atoms with Gasteiger partial charge in [0.1, 0.15) is 0 Å². The molecule has 2 aromatic rings. The van der Waals surface area contributed by atoms with Crippen LogP contribution < -0.4 is 0 Å². The fraction of sp³-hybridized carbons (Fsp3) is 0.438. The Kier molecular flexibility index (Phi) is 4.97. The van der Waals surface area contributed by atoms with Crippen LogP contribution >= 0.6 is 11.8 Å². The average molecular weight is 333 g/mol. The molecule has 7 heteroatoms. The van der Waals surface area contributed by atoms with Gasteiger partial charge in [-0.05, 0) is 26.0 Å². The monoisotopic (exact) mass is 333 g/mol. The van der Waals surface area contributed by atoms with Gasteiger partial charge in [-0.1, -0.05) is 29.5 Å². The Balaban J connectivity index is 1.65. The van der Waals surface area contributed by atoms with Crippen molar-refractivity contribution in [2.45, 2.75) is 24.3 Å². The average Bonchev–Trinajstić information content (AvgIpc) is 3.03. The van der Waals surface area contributed by atoms with Crippen molar-refractivity contribution in [3.8, 4) is 11.5 Å². The van der Waals surface area contributed by atoms with Gasteiger partial charge in [0.05, 0.1) is 18.5 Å². The molecular weight excluding hydrogens is 314 g/mol. The van der Waals surface area contributed by atoms with Gasteiger partial charge in [0.2, 0.25) is 11.8 Å². The van der Waals surface area contributed by atoms with Crippen LogP contribution in [0.2, 0.25) is 0 Å². The summed E-state index contributed by atoms with van der Waals surface area (Å²) in [5.41, 5.74) is 2.02. The molecule has 1 aromatic carbocycles. The number of amides is 1. The number of ether oxygens (including phenoxy) is 1. The highest BCUT2D eigenvalue weighted by Gasteiger charge is 2.25. The van der Waals surface area contributed by atoms with E-state index in [2.05, 4.69) is 10.2 Å². The largest absolute Gasteiger partial charge is 0.411 e. The van der Waals surface area contributed by atoms with Crippen molar-refractivity contribution in [2.24, 2.45) is 0 Å². The zero-order chi connectivity index (χ0) is 16.2. The normalized spacial score (nSPS) is 16.3. The van der Waals surface area contributed by atoms with Gasteiger partial charge in [-0.3, -0.25) is 4.79 Å². The molecule has 1 atom stereocenters. The van der Waals surface area contributed by atoms with E-state index in [1.54, 1.807) is 0 Å². The number of thioether (sulfide) groups is 1. The molecule has 0 unspecified atom stereocenters. The third kappa shape index (κ3) is 3.92. The number of rotatable bonds is 4. The molecule has 0 saturated carbocycles. The Morgan fingerprint density at radius 2 is 2.09 bits per heavy atom. The topological polar surface area (TPSA) is 68.5 Å². The Labute approximate surface area is 139 Å². The third-order valence-corrected chi connectivity index (χ3v) is 4.54. The SMILES string of the molecule is Cc1cccc(-c2nnc(S[C@H](C)C(=O)N3CCOCC3)o2)c1. The molecule has 0 bridgehead atoms. The van der Waals surface area contributed by atoms with Crippen LogP contribution in [-0.4, -0.2) is 52.6 Å². The first-order valence-corrected chi connectivity index (χ1v) is 8.45. The van der Waals surface area contributed by atoms with Gasteiger partial charge < -0.3 is 14.1 Å². The van der Waals surface area contributed by atoms with Crippen molar-refractivity contribution in [2.75, 3.05) is 26.3 Å². The molecule has 1 saturated heterocycles. The maximum Gasteiger partial charge on any atom is 0.277 e. The number of nitrogens with zero attached hydrogens (tertiary/aromatic N) is 3. The highest BCUT2D eigenvalue weighted by atomic mass is 32.2. The van der Waals surface area contributed by atoms with E-state index in [4.69, 9.17) is 9.15 Å². The van der Waals surface area contributed by atoms with E-state index in [1.807, 2.05) is 43.0 Å². The van der Waals surface area contributed by atoms with Crippen LogP contribution in [0.1, 0.15) is 12.5 Å². The maximum atomic E-state index is 12.4. The second kappa shape index (κ2) is 7.14. The molecule has 1 aliphatic heterocycles. The fourth-order valence-corrected chi connectivity index (χ4v) is 3.16. The van der Waals surface area contributed by atoms with E-state index < -0.39 is 0 Å². The molecule has 2 heterocycles. The minimum absolute atomic E-state index is 0.0774. The van der Waals surface area contributed by atoms with Gasteiger partial charge in [0.25, 0.3) is 5.22 Å². The molecular formula is C16H19N3O3S. The summed E-state index contributed by atoms with van der Waals surface area (Å²) >= 11 is 1.29. The number of carbonyl (C=O) groups is 1. The quantitative estimate of drug-likeness (QED) is 0.800. The molecule has 0 spiro atoms. The molecule has 0 N–H and O–H groups in total. The summed E-state index contributed by atoms with van der Waals surface area (Å²) < 4.78 is 10.9. The summed E-state index contributed by atoms with van der Waals surface area (Å²) in [4.78, 5) is 14.2. The van der Waals surface area contributed by atoms with Crippen molar-refractivity contribution in [3.05, 3.63) is 29.8 Å². The van der Waals surface area contributed by atoms with Crippen LogP contribution in [0, 0.1) is 6.92 Å². The molecule has 1 amide bonds. The lowest BCUT2D eigenvalue weighted by molar-refractivity contribution is -0.134. The number of morpholine rings is 1. The van der Waals surface area contributed by atoms with Crippen molar-refractivity contribution in [1.29, 1.82) is 0 Å². The van der Waals surface area contributed by atoms with E-state index in [-0.39, 0.29) is 11.2 Å². The van der Waals surface area contributed by atoms with Crippen molar-refractivity contribution in [3.63, 3.8) is 0 Å². The smallest absolute Gasteiger partial charge is 0.277 e. The number of carbonyl (C=O) groups excluding carboxylic acids is 1. The minimum Gasteiger partial charge on any atom is -0.411 e. The minimum atomic E-state index is -0.265. The van der Waals surface area contributed by atoms with Gasteiger partial charge in [-0.25, -0.2) is 0 Å². The van der Waals surface area contributed by atoms with Crippen molar-refractivity contribution in [1.82, 2.24) is 15.1 Å². The van der Waals surface area contributed by atoms with E-state index in [0.29, 0.717) is 37.4 Å². The van der Waals surface area contributed by atoms with Gasteiger partial charge in [-0.2, -0.15) is 0 Å². The van der Waals surface area contributed by atoms with Gasteiger partial charge in [0, 0.05) is 18.7 Å². The number of benzene rings is 1. The number of hydrogen-bond donors (Lipinski definition) is 0. The first-order chi connectivity index (χ1) is 11.1. The zero-order valence-corrected chi connectivity index (χ0v) is 14.0. The number of hydrogen-bond acceptors (Lipinski definition) is 6. The molecule has 1 aliphatic rings. The fourth-order valence-electron chi connectivity index (χ4n) is 2.39. The molecule has 23 heavy (non-hydrogen) atoms. The van der Waals surface area contributed by atoms with Crippen molar-refractivity contribution < 1.29 is 13.9 Å². The lowest BCUT2D eigenvalue weighted by Gasteiger charge is -2.28. The zero-order valence-electron chi connectivity index (χ0n) is 13.2. The number of aryl methyl sites for hydroxylation is 1. The van der Waals surface area contributed by atoms with E-state index in [9.17, 15) is 4.79 Å². The second-order valence-corrected chi connectivity index (χ2v) is 6.73. The van der Waals surface area contributed by atoms with E-state index in [0.717, 1.165) is 11.1 Å². The Morgan fingerprint density at radius 3 is 2.83 bits per heavy atom. The van der Waals surface area contributed by atoms with Crippen LogP contribution in [0.25, 0.3) is 11.5 Å². The molecule has 0 aliphatic carbocycles. The molecule has 122 valence electrons. The lowest BCUT2D eigenvalue weighted by atomic mass is 10.1. The number of aromatic nitrogens is 2. The maximum absolute atomic E-state index is 12.4. The molecule has 3 rings (SSSR count). The van der Waals surface area contributed by atoms with Crippen LogP contribution in [0.15, 0.2) is 33.9 Å². The molecule has 1 fully saturated rings. The summed E-state index contributed by atoms with van der Waals surface area (Å²) in [6, 6.07) is 7.88. The van der Waals surface area contributed by atoms with Gasteiger partial charge in [0.15, 0.2) is 0 Å². The first kappa shape index (κ1) is 16.0. The third-order valence-electron chi connectivity index (χ3n) is 3.62. The summed E-state index contributed by atoms with van der Waals surface area (Å²) in [7, 11) is 0. The summed E-state index contributed by atoms with van der Waals surface area (Å²) in [5, 5.41) is 8.26. The van der Waals surface area contributed by atoms with Gasteiger partial charge >= 0.3 is 0 Å². The van der Waals surface area contributed by atoms with E-state index >= 15 is 0 Å². The van der Waals surface area contributed by atoms with Crippen LogP contribution in [0.4, 0.5) is 0 Å². The highest BCUT2D eigenvalue weighted by Crippen LogP contribution is 2.27. The standard InChI is InChI=1S/C16H19N3O3S/c1-11-4-3-5-13(10-11)14-17-18-16(22-14)23-12(2)15(20)19-6-8-21-9-7-19/h3-5,10,12H,6-9H2,1-2H3/t12-/m1/s1. The van der Waals surface area contributed by atoms with E-state index in [1.165, 1.54) is 11.8 Å². The first-order valence-electron chi connectivity index (χ1n) is 7.57. The van der Waals surface area contributed by atoms with Crippen LogP contribution in [0.5, 0.6) is 0 Å². The second-order valence-electron chi connectivity index (χ2n) is 5.44. The summed E-state index contributed by atoms with van der Waals surface area (Å²) in [6.45, 7) is 6.35. The molecule has 1 aromatic heterocycles.